The highest BCUT2D eigenvalue weighted by atomic mass is 32.2. The van der Waals surface area contributed by atoms with Crippen LogP contribution in [0, 0.1) is 73.0 Å². The summed E-state index contributed by atoms with van der Waals surface area (Å²) in [5, 5.41) is 110. The van der Waals surface area contributed by atoms with Crippen LogP contribution in [0.25, 0.3) is 45.0 Å². The van der Waals surface area contributed by atoms with E-state index < -0.39 is 60.2 Å². The van der Waals surface area contributed by atoms with Crippen LogP contribution in [0.4, 0.5) is 23.3 Å². The molecule has 129 heavy (non-hydrogen) atoms. The SMILES string of the molecule is CN=S1(=O)Cc2ccc(C)cc2[C@@H](C)Oc2cc(nnc2N)-c2c(nn(C)c2C#N)C1.Cc1ccc2c(c1)[C@@H](C)Oc1cc(nnc1N)-c1c(nn(C)c1C#N)CCP2(C)=O.Cc1ccc2c(c1)[C@@H](C)Oc1cc(nnc1N)-c1c(nn(C)c1C#N)CS(=O)(=NCC(C)(C)O)C2.Cc1ccc2c(c1)[C@@H](C)Oc1cc(nnc1N)-c1c(nn(C)c1C#N)CS(=O)(=NCCO)C2. The number of nitrogen functional groups attached to an aromatic ring is 4. The lowest BCUT2D eigenvalue weighted by molar-refractivity contribution is 0.0907. The van der Waals surface area contributed by atoms with Gasteiger partial charge in [-0.15, -0.1) is 40.8 Å². The van der Waals surface area contributed by atoms with E-state index in [1.54, 1.807) is 80.0 Å². The molecule has 8 aromatic heterocycles. The van der Waals surface area contributed by atoms with Crippen LogP contribution in [0.2, 0.25) is 0 Å². The number of aryl methyl sites for hydroxylation is 9. The molecular weight excluding hydrogens is 1720 g/mol. The molecule has 8 atom stereocenters. The van der Waals surface area contributed by atoms with Gasteiger partial charge in [0.05, 0.1) is 134 Å². The fraction of sp³-hybridized carbons (Fsp3) is 0.364. The summed E-state index contributed by atoms with van der Waals surface area (Å²) in [5.41, 5.74) is 39.8. The second kappa shape index (κ2) is 37.4. The van der Waals surface area contributed by atoms with Crippen molar-refractivity contribution < 1.29 is 46.4 Å². The predicted molar refractivity (Wildman–Crippen MR) is 489 cm³/mol. The lowest BCUT2D eigenvalue weighted by Gasteiger charge is -2.24. The monoisotopic (exact) mass is 1820 g/mol. The number of hydrogen-bond donors (Lipinski definition) is 6. The summed E-state index contributed by atoms with van der Waals surface area (Å²) in [5.74, 6) is 2.50. The van der Waals surface area contributed by atoms with Crippen LogP contribution < -0.4 is 47.2 Å². The Balaban J connectivity index is 0.000000147. The van der Waals surface area contributed by atoms with Gasteiger partial charge in [0.2, 0.25) is 0 Å². The molecule has 0 radical (unpaired) electrons. The molecule has 37 nitrogen and oxygen atoms in total. The lowest BCUT2D eigenvalue weighted by atomic mass is 10.0. The van der Waals surface area contributed by atoms with Gasteiger partial charge in [-0.25, -0.2) is 25.7 Å². The van der Waals surface area contributed by atoms with Gasteiger partial charge in [0, 0.05) is 76.5 Å². The highest BCUT2D eigenvalue weighted by molar-refractivity contribution is 7.92. The fourth-order valence-electron chi connectivity index (χ4n) is 15.7. The molecule has 0 aliphatic carbocycles. The Morgan fingerprint density at radius 2 is 0.752 bits per heavy atom. The molecule has 0 saturated heterocycles. The van der Waals surface area contributed by atoms with Crippen molar-refractivity contribution >= 4 is 64.9 Å². The number of rotatable bonds is 4. The van der Waals surface area contributed by atoms with E-state index in [0.29, 0.717) is 115 Å². The van der Waals surface area contributed by atoms with Crippen LogP contribution in [0.1, 0.15) is 173 Å². The van der Waals surface area contributed by atoms with Crippen LogP contribution in [-0.2, 0) is 103 Å². The molecule has 4 unspecified atom stereocenters. The minimum Gasteiger partial charge on any atom is -0.482 e. The molecule has 12 aromatic rings. The summed E-state index contributed by atoms with van der Waals surface area (Å²) in [6.07, 6.45) is -0.772. The Morgan fingerprint density at radius 3 is 1.08 bits per heavy atom. The van der Waals surface area contributed by atoms with Gasteiger partial charge in [-0.1, -0.05) is 95.1 Å². The van der Waals surface area contributed by atoms with E-state index in [2.05, 4.69) is 98.5 Å². The van der Waals surface area contributed by atoms with Crippen molar-refractivity contribution in [1.29, 1.82) is 21.0 Å². The van der Waals surface area contributed by atoms with Crippen LogP contribution >= 0.6 is 7.14 Å². The van der Waals surface area contributed by atoms with Crippen molar-refractivity contribution in [1.82, 2.24) is 79.9 Å². The molecule has 4 aliphatic heterocycles. The second-order valence-electron chi connectivity index (χ2n) is 32.9. The third kappa shape index (κ3) is 20.2. The Hall–Kier alpha value is -13.6. The molecule has 670 valence electrons. The first-order valence-corrected chi connectivity index (χ1v) is 48.8. The predicted octanol–water partition coefficient (Wildman–Crippen LogP) is 11.1. The summed E-state index contributed by atoms with van der Waals surface area (Å²) in [6, 6.07) is 38.8. The maximum atomic E-state index is 14.4. The molecule has 0 amide bonds. The van der Waals surface area contributed by atoms with Crippen molar-refractivity contribution in [3.8, 4) is 92.3 Å². The smallest absolute Gasteiger partial charge is 0.188 e. The van der Waals surface area contributed by atoms with Gasteiger partial charge in [0.1, 0.15) is 101 Å². The average molecular weight is 1820 g/mol. The fourth-order valence-corrected chi connectivity index (χ4v) is 23.8. The van der Waals surface area contributed by atoms with E-state index in [1.807, 2.05) is 128 Å². The molecule has 10 N–H and O–H groups in total. The minimum absolute atomic E-state index is 0.0121. The Morgan fingerprint density at radius 1 is 0.457 bits per heavy atom. The number of nitriles is 4. The van der Waals surface area contributed by atoms with Gasteiger partial charge < -0.3 is 56.7 Å². The Bertz CT molecular complexity index is 7100. The van der Waals surface area contributed by atoms with E-state index in [9.17, 15) is 48.5 Å². The van der Waals surface area contributed by atoms with Crippen LogP contribution in [-0.4, -0.2) is 148 Å². The molecule has 0 fully saturated rings. The molecule has 0 saturated carbocycles. The van der Waals surface area contributed by atoms with Crippen LogP contribution in [0.15, 0.2) is 110 Å². The quantitative estimate of drug-likeness (QED) is 0.0891. The third-order valence-electron chi connectivity index (χ3n) is 22.1. The summed E-state index contributed by atoms with van der Waals surface area (Å²) in [4.78, 5) is 0. The topological polar surface area (TPSA) is 556 Å². The zero-order chi connectivity index (χ0) is 93.3. The number of aliphatic hydroxyl groups is 2. The second-order valence-corrected chi connectivity index (χ2v) is 43.2. The minimum atomic E-state index is -2.98. The normalized spacial score (nSPS) is 20.1. The van der Waals surface area contributed by atoms with Gasteiger partial charge in [-0.2, -0.15) is 41.4 Å². The number of ether oxygens (including phenoxy) is 4. The summed E-state index contributed by atoms with van der Waals surface area (Å²) in [7, 11) is -3.13. The molecule has 0 spiro atoms. The van der Waals surface area contributed by atoms with Gasteiger partial charge in [-0.05, 0) is 116 Å². The number of hydrogen-bond acceptors (Lipinski definition) is 33. The largest absolute Gasteiger partial charge is 0.482 e. The number of benzene rings is 4. The van der Waals surface area contributed by atoms with E-state index in [4.69, 9.17) is 41.9 Å². The molecule has 41 heteroatoms. The number of nitrogens with zero attached hydrogens (tertiary/aromatic N) is 23. The van der Waals surface area contributed by atoms with Crippen molar-refractivity contribution in [2.45, 2.75) is 140 Å². The summed E-state index contributed by atoms with van der Waals surface area (Å²) in [6.45, 7) is 20.3. The molecule has 4 aromatic carbocycles. The van der Waals surface area contributed by atoms with Gasteiger partial charge in [0.25, 0.3) is 0 Å². The number of aliphatic hydroxyl groups excluding tert-OH is 1. The van der Waals surface area contributed by atoms with Crippen molar-refractivity contribution in [3.63, 3.8) is 0 Å². The molecule has 16 rings (SSSR count). The van der Waals surface area contributed by atoms with Crippen LogP contribution in [0.5, 0.6) is 23.0 Å². The highest BCUT2D eigenvalue weighted by Crippen LogP contribution is 2.47. The molecule has 12 heterocycles. The Labute approximate surface area is 747 Å². The van der Waals surface area contributed by atoms with Crippen molar-refractivity contribution in [2.75, 3.05) is 62.5 Å². The van der Waals surface area contributed by atoms with Gasteiger partial charge >= 0.3 is 0 Å². The third-order valence-corrected chi connectivity index (χ3v) is 31.0. The van der Waals surface area contributed by atoms with E-state index in [-0.39, 0.29) is 95.0 Å². The first-order valence-electron chi connectivity index (χ1n) is 40.9. The summed E-state index contributed by atoms with van der Waals surface area (Å²) < 4.78 is 99.8. The standard InChI is InChI=1S/C24H29N7O3S.C22H25N7O3S.C21H23N7O2S.C21H23N6O2P/c1-14-6-7-16-11-35(33,27-13-24(3,4)32)12-19-22(20(10-25)31(5)30-19)18-9-21(23(26)29-28-18)34-15(2)17(16)8-14;1-13-4-5-15-11-33(31,25-6-7-30)12-18-21(19(10-23)29(3)28-18)17-9-20(22(24)27-26-17)32-14(2)16(15)8-13;1-12-5-6-14-10-31(29,24-3)11-17-20(18(9-22)28(4)27-17)16-8-19(21(23)26-25-16)30-13(2)15(14)7-12;1-12-5-6-19-14(9-12)13(2)29-18-10-16(24-25-21(18)23)20-15(7-8-30(19,4)28)26-27(3)17(20)11-22/h6-9,15,32H,11-13H2,1-5H3,(H2,26,29);4-5,8-9,14,30H,6-7,11-12H2,1-3H3,(H2,24,27);5-8,13H,10-11H2,1-4H3,(H2,23,26);5-6,9-10,13H,7-8H2,1-4H3,(H2,23,25)/t15-,35?;14-,33?;13-,31?;13-,30?/m1111/s1. The zero-order valence-corrected chi connectivity index (χ0v) is 77.6. The number of nitrogens with two attached hydrogens (primary N) is 4. The van der Waals surface area contributed by atoms with Gasteiger partial charge in [0.15, 0.2) is 46.3 Å². The number of fused-ring (bicyclic) bond motifs is 20. The van der Waals surface area contributed by atoms with Crippen molar-refractivity contribution in [3.05, 3.63) is 204 Å². The van der Waals surface area contributed by atoms with E-state index >= 15 is 0 Å². The Kier molecular flexibility index (Phi) is 27.0. The zero-order valence-electron chi connectivity index (χ0n) is 74.3. The van der Waals surface area contributed by atoms with Crippen LogP contribution in [0.3, 0.4) is 0 Å². The first-order chi connectivity index (χ1) is 61.1. The van der Waals surface area contributed by atoms with E-state index in [1.165, 1.54) is 18.7 Å². The first kappa shape index (κ1) is 93.1. The average Bonchev–Trinajstić information content (AvgIpc) is 1.73. The molecular formula is C88H100N27O10PS3. The number of aromatic nitrogens is 16. The molecule has 8 bridgehead atoms. The lowest BCUT2D eigenvalue weighted by Crippen LogP contribution is -2.24. The summed E-state index contributed by atoms with van der Waals surface area (Å²) >= 11 is 0. The maximum absolute atomic E-state index is 14.4. The highest BCUT2D eigenvalue weighted by Gasteiger charge is 2.35. The maximum Gasteiger partial charge on any atom is 0.188 e. The van der Waals surface area contributed by atoms with E-state index in [0.717, 1.165) is 66.5 Å². The van der Waals surface area contributed by atoms with Gasteiger partial charge in [-0.3, -0.25) is 18.7 Å². The molecule has 4 aliphatic rings. The van der Waals surface area contributed by atoms with Crippen molar-refractivity contribution in [2.24, 2.45) is 41.3 Å². The number of anilines is 4.